The number of carbonyl (C=O) groups is 3. The highest BCUT2D eigenvalue weighted by Gasteiger charge is 2.07. The van der Waals surface area contributed by atoms with Crippen molar-refractivity contribution in [1.82, 2.24) is 36.8 Å². The predicted octanol–water partition coefficient (Wildman–Crippen LogP) is -1.75. The first-order valence-corrected chi connectivity index (χ1v) is 11.1. The van der Waals surface area contributed by atoms with Crippen LogP contribution in [0.2, 0.25) is 0 Å². The molecule has 0 aliphatic heterocycles. The van der Waals surface area contributed by atoms with Gasteiger partial charge in [-0.3, -0.25) is 14.4 Å². The quantitative estimate of drug-likeness (QED) is 0.127. The van der Waals surface area contributed by atoms with Crippen LogP contribution in [0.4, 0.5) is 0 Å². The van der Waals surface area contributed by atoms with E-state index in [4.69, 9.17) is 0 Å². The number of nitrogens with zero attached hydrogens (tertiary/aromatic N) is 1. The Morgan fingerprint density at radius 1 is 0.600 bits per heavy atom. The van der Waals surface area contributed by atoms with Gasteiger partial charge in [0.15, 0.2) is 0 Å². The van der Waals surface area contributed by atoms with Gasteiger partial charge in [-0.05, 0) is 13.8 Å². The van der Waals surface area contributed by atoms with Crippen molar-refractivity contribution in [3.8, 4) is 0 Å². The molecule has 10 heteroatoms. The highest BCUT2D eigenvalue weighted by molar-refractivity contribution is 5.76. The third-order valence-corrected chi connectivity index (χ3v) is 4.43. The molecule has 0 radical (unpaired) electrons. The zero-order valence-electron chi connectivity index (χ0n) is 19.1. The summed E-state index contributed by atoms with van der Waals surface area (Å²) in [5.41, 5.74) is 0. The van der Waals surface area contributed by atoms with E-state index in [9.17, 15) is 14.4 Å². The Labute approximate surface area is 181 Å². The lowest BCUT2D eigenvalue weighted by molar-refractivity contribution is -0.121. The monoisotopic (exact) mass is 429 g/mol. The van der Waals surface area contributed by atoms with Gasteiger partial charge < -0.3 is 36.8 Å². The van der Waals surface area contributed by atoms with E-state index in [0.29, 0.717) is 52.0 Å². The van der Waals surface area contributed by atoms with Gasteiger partial charge in [0.25, 0.3) is 0 Å². The fourth-order valence-electron chi connectivity index (χ4n) is 2.72. The highest BCUT2D eigenvalue weighted by Crippen LogP contribution is 1.91. The molecule has 0 saturated heterocycles. The summed E-state index contributed by atoms with van der Waals surface area (Å²) < 4.78 is 0. The number of nitrogens with one attached hydrogen (secondary N) is 6. The van der Waals surface area contributed by atoms with E-state index in [2.05, 4.69) is 36.8 Å². The van der Waals surface area contributed by atoms with E-state index in [1.54, 1.807) is 7.05 Å². The maximum Gasteiger partial charge on any atom is 0.221 e. The molecular formula is C20H43N7O3. The molecule has 0 aromatic rings. The molecule has 0 heterocycles. The average molecular weight is 430 g/mol. The van der Waals surface area contributed by atoms with Gasteiger partial charge in [-0.15, -0.1) is 0 Å². The molecule has 0 fully saturated rings. The molecule has 0 aromatic carbocycles. The van der Waals surface area contributed by atoms with E-state index < -0.39 is 0 Å². The molecule has 30 heavy (non-hydrogen) atoms. The number of hydrogen-bond acceptors (Lipinski definition) is 7. The minimum atomic E-state index is 0.0356. The van der Waals surface area contributed by atoms with Crippen molar-refractivity contribution in [3.63, 3.8) is 0 Å². The predicted molar refractivity (Wildman–Crippen MR) is 120 cm³/mol. The molecule has 0 aliphatic rings. The van der Waals surface area contributed by atoms with Crippen LogP contribution in [-0.2, 0) is 14.4 Å². The van der Waals surface area contributed by atoms with E-state index in [1.807, 2.05) is 13.8 Å². The number of amides is 3. The number of hydrogen-bond donors (Lipinski definition) is 6. The molecule has 3 amide bonds. The second kappa shape index (κ2) is 20.5. The van der Waals surface area contributed by atoms with Gasteiger partial charge in [0.2, 0.25) is 17.7 Å². The minimum absolute atomic E-state index is 0.0356. The summed E-state index contributed by atoms with van der Waals surface area (Å²) in [5, 5.41) is 18.1. The van der Waals surface area contributed by atoms with Crippen molar-refractivity contribution in [2.24, 2.45) is 0 Å². The van der Waals surface area contributed by atoms with Crippen LogP contribution in [0.3, 0.4) is 0 Å². The molecule has 0 spiro atoms. The van der Waals surface area contributed by atoms with Gasteiger partial charge in [-0.2, -0.15) is 0 Å². The first-order chi connectivity index (χ1) is 14.5. The first-order valence-electron chi connectivity index (χ1n) is 11.1. The molecule has 176 valence electrons. The molecule has 6 N–H and O–H groups in total. The van der Waals surface area contributed by atoms with Crippen molar-refractivity contribution in [3.05, 3.63) is 0 Å². The molecule has 10 nitrogen and oxygen atoms in total. The van der Waals surface area contributed by atoms with Crippen LogP contribution in [-0.4, -0.2) is 102 Å². The third kappa shape index (κ3) is 18.3. The summed E-state index contributed by atoms with van der Waals surface area (Å²) in [6.45, 7) is 12.0. The summed E-state index contributed by atoms with van der Waals surface area (Å²) in [5.74, 6) is 0.169. The van der Waals surface area contributed by atoms with Crippen LogP contribution in [0, 0.1) is 0 Å². The maximum absolute atomic E-state index is 11.5. The van der Waals surface area contributed by atoms with Crippen molar-refractivity contribution >= 4 is 17.7 Å². The standard InChI is InChI=1S/C20H43N7O3/c1-4-25-19(29)6-9-22-11-12-24-14-17-27(15-8-18(28)21-3)16-13-23-10-7-20(30)26-5-2/h22-24H,4-17H2,1-3H3,(H,21,28)(H,25,29)(H,26,30). The minimum Gasteiger partial charge on any atom is -0.359 e. The Kier molecular flexibility index (Phi) is 19.3. The van der Waals surface area contributed by atoms with Gasteiger partial charge >= 0.3 is 0 Å². The van der Waals surface area contributed by atoms with Crippen LogP contribution in [0.5, 0.6) is 0 Å². The van der Waals surface area contributed by atoms with Crippen LogP contribution >= 0.6 is 0 Å². The lowest BCUT2D eigenvalue weighted by Crippen LogP contribution is -2.40. The Bertz CT molecular complexity index is 464. The molecule has 0 rings (SSSR count). The van der Waals surface area contributed by atoms with Crippen LogP contribution in [0.15, 0.2) is 0 Å². The van der Waals surface area contributed by atoms with E-state index in [1.165, 1.54) is 0 Å². The highest BCUT2D eigenvalue weighted by atomic mass is 16.2. The van der Waals surface area contributed by atoms with Crippen LogP contribution in [0.25, 0.3) is 0 Å². The van der Waals surface area contributed by atoms with Crippen molar-refractivity contribution < 1.29 is 14.4 Å². The average Bonchev–Trinajstić information content (AvgIpc) is 2.72. The van der Waals surface area contributed by atoms with Gasteiger partial charge in [-0.1, -0.05) is 0 Å². The summed E-state index contributed by atoms with van der Waals surface area (Å²) in [6, 6.07) is 0. The Balaban J connectivity index is 3.91. The molecule has 0 aromatic heterocycles. The summed E-state index contributed by atoms with van der Waals surface area (Å²) >= 11 is 0. The first kappa shape index (κ1) is 28.2. The number of carbonyl (C=O) groups excluding carboxylic acids is 3. The lowest BCUT2D eigenvalue weighted by Gasteiger charge is -2.22. The topological polar surface area (TPSA) is 127 Å². The Morgan fingerprint density at radius 2 is 1.07 bits per heavy atom. The fourth-order valence-corrected chi connectivity index (χ4v) is 2.72. The molecular weight excluding hydrogens is 386 g/mol. The second-order valence-corrected chi connectivity index (χ2v) is 6.92. The molecule has 0 atom stereocenters. The molecule has 0 unspecified atom stereocenters. The van der Waals surface area contributed by atoms with Crippen molar-refractivity contribution in [2.45, 2.75) is 33.1 Å². The smallest absolute Gasteiger partial charge is 0.221 e. The van der Waals surface area contributed by atoms with Crippen molar-refractivity contribution in [2.75, 3.05) is 79.0 Å². The normalized spacial score (nSPS) is 10.8. The third-order valence-electron chi connectivity index (χ3n) is 4.43. The van der Waals surface area contributed by atoms with Crippen LogP contribution in [0.1, 0.15) is 33.1 Å². The van der Waals surface area contributed by atoms with Gasteiger partial charge in [-0.25, -0.2) is 0 Å². The van der Waals surface area contributed by atoms with E-state index >= 15 is 0 Å². The summed E-state index contributed by atoms with van der Waals surface area (Å²) in [4.78, 5) is 36.6. The van der Waals surface area contributed by atoms with Gasteiger partial charge in [0.05, 0.1) is 0 Å². The lowest BCUT2D eigenvalue weighted by atomic mass is 10.3. The Hall–Kier alpha value is -1.75. The molecule has 0 aliphatic carbocycles. The summed E-state index contributed by atoms with van der Waals surface area (Å²) in [7, 11) is 1.65. The summed E-state index contributed by atoms with van der Waals surface area (Å²) in [6.07, 6.45) is 1.44. The second-order valence-electron chi connectivity index (χ2n) is 6.92. The zero-order chi connectivity index (χ0) is 22.5. The van der Waals surface area contributed by atoms with Crippen molar-refractivity contribution in [1.29, 1.82) is 0 Å². The van der Waals surface area contributed by atoms with Gasteiger partial charge in [0.1, 0.15) is 0 Å². The molecule has 0 bridgehead atoms. The Morgan fingerprint density at radius 3 is 1.53 bits per heavy atom. The van der Waals surface area contributed by atoms with E-state index in [-0.39, 0.29) is 17.7 Å². The zero-order valence-corrected chi connectivity index (χ0v) is 19.1. The SMILES string of the molecule is CCNC(=O)CCNCCNCCN(CCNCCC(=O)NCC)CCC(=O)NC. The van der Waals surface area contributed by atoms with Gasteiger partial charge in [0, 0.05) is 98.3 Å². The van der Waals surface area contributed by atoms with Crippen LogP contribution < -0.4 is 31.9 Å². The molecule has 0 saturated carbocycles. The fraction of sp³-hybridized carbons (Fsp3) is 0.850. The largest absolute Gasteiger partial charge is 0.359 e. The maximum atomic E-state index is 11.5. The van der Waals surface area contributed by atoms with E-state index in [0.717, 1.165) is 39.3 Å². The number of rotatable bonds is 20.